The van der Waals surface area contributed by atoms with E-state index in [4.69, 9.17) is 11.0 Å². The van der Waals surface area contributed by atoms with Crippen molar-refractivity contribution < 1.29 is 9.59 Å². The summed E-state index contributed by atoms with van der Waals surface area (Å²) in [5.41, 5.74) is 6.21. The Balaban J connectivity index is 2.00. The van der Waals surface area contributed by atoms with E-state index in [-0.39, 0.29) is 11.6 Å². The van der Waals surface area contributed by atoms with Crippen LogP contribution in [-0.4, -0.2) is 17.9 Å². The molecule has 0 aliphatic heterocycles. The molecule has 1 aromatic rings. The molecular weight excluding hydrogens is 280 g/mol. The largest absolute Gasteiger partial charge is 0.398 e. The van der Waals surface area contributed by atoms with E-state index in [0.717, 1.165) is 31.9 Å². The summed E-state index contributed by atoms with van der Waals surface area (Å²) in [6.07, 6.45) is 5.15. The zero-order valence-corrected chi connectivity index (χ0v) is 12.1. The molecule has 0 unspecified atom stereocenters. The van der Waals surface area contributed by atoms with Gasteiger partial charge in [0.15, 0.2) is 0 Å². The van der Waals surface area contributed by atoms with Crippen LogP contribution >= 0.6 is 0 Å². The predicted octanol–water partition coefficient (Wildman–Crippen LogP) is 1.46. The van der Waals surface area contributed by atoms with Crippen molar-refractivity contribution in [2.75, 3.05) is 5.73 Å². The number of carbonyl (C=O) groups excluding carboxylic acids is 2. The zero-order valence-electron chi connectivity index (χ0n) is 12.1. The highest BCUT2D eigenvalue weighted by Gasteiger charge is 2.19. The molecule has 0 heterocycles. The fraction of sp³-hybridized carbons (Fsp3) is 0.312. The number of carbonyl (C=O) groups is 2. The van der Waals surface area contributed by atoms with Crippen LogP contribution < -0.4 is 16.4 Å². The molecule has 1 fully saturated rings. The molecule has 1 aliphatic rings. The van der Waals surface area contributed by atoms with Gasteiger partial charge < -0.3 is 16.4 Å². The van der Waals surface area contributed by atoms with Gasteiger partial charge in [-0.15, -0.1) is 0 Å². The first kappa shape index (κ1) is 15.6. The van der Waals surface area contributed by atoms with Crippen LogP contribution in [0.1, 0.15) is 36.0 Å². The maximum absolute atomic E-state index is 12.0. The molecule has 1 aromatic carbocycles. The van der Waals surface area contributed by atoms with Crippen molar-refractivity contribution in [1.82, 2.24) is 10.6 Å². The third-order valence-corrected chi connectivity index (χ3v) is 3.61. The average Bonchev–Trinajstić information content (AvgIpc) is 3.01. The second-order valence-corrected chi connectivity index (χ2v) is 5.19. The van der Waals surface area contributed by atoms with Crippen molar-refractivity contribution in [3.05, 3.63) is 41.6 Å². The maximum atomic E-state index is 12.0. The number of hydrogen-bond acceptors (Lipinski definition) is 4. The van der Waals surface area contributed by atoms with Crippen LogP contribution in [0.5, 0.6) is 0 Å². The molecule has 2 rings (SSSR count). The molecule has 6 nitrogen and oxygen atoms in total. The number of amides is 2. The van der Waals surface area contributed by atoms with Gasteiger partial charge in [-0.3, -0.25) is 9.59 Å². The van der Waals surface area contributed by atoms with Crippen molar-refractivity contribution in [3.63, 3.8) is 0 Å². The predicted molar refractivity (Wildman–Crippen MR) is 82.4 cm³/mol. The molecule has 0 aromatic heterocycles. The van der Waals surface area contributed by atoms with Gasteiger partial charge in [0.1, 0.15) is 11.6 Å². The Kier molecular flexibility index (Phi) is 5.15. The van der Waals surface area contributed by atoms with Crippen molar-refractivity contribution >= 4 is 17.5 Å². The number of anilines is 1. The van der Waals surface area contributed by atoms with Gasteiger partial charge >= 0.3 is 0 Å². The van der Waals surface area contributed by atoms with Crippen molar-refractivity contribution in [2.24, 2.45) is 0 Å². The highest BCUT2D eigenvalue weighted by atomic mass is 16.2. The lowest BCUT2D eigenvalue weighted by molar-refractivity contribution is -0.117. The maximum Gasteiger partial charge on any atom is 0.263 e. The number of benzene rings is 1. The third-order valence-electron chi connectivity index (χ3n) is 3.61. The number of nitrogen functional groups attached to an aromatic ring is 1. The Labute approximate surface area is 129 Å². The van der Waals surface area contributed by atoms with Gasteiger partial charge in [-0.2, -0.15) is 5.26 Å². The summed E-state index contributed by atoms with van der Waals surface area (Å²) in [5, 5.41) is 14.3. The number of rotatable bonds is 4. The first-order valence-corrected chi connectivity index (χ1v) is 7.18. The molecule has 22 heavy (non-hydrogen) atoms. The van der Waals surface area contributed by atoms with Crippen LogP contribution in [0.3, 0.4) is 0 Å². The first-order chi connectivity index (χ1) is 10.6. The van der Waals surface area contributed by atoms with Gasteiger partial charge in [0.05, 0.1) is 5.56 Å². The fourth-order valence-electron chi connectivity index (χ4n) is 2.40. The van der Waals surface area contributed by atoms with Gasteiger partial charge in [-0.1, -0.05) is 25.0 Å². The molecule has 1 aliphatic carbocycles. The van der Waals surface area contributed by atoms with Crippen molar-refractivity contribution in [2.45, 2.75) is 31.7 Å². The molecule has 0 saturated heterocycles. The standard InChI is InChI=1S/C16H18N4O2/c17-9-11(15(21)20-12-5-1-2-6-12)10-19-16(22)13-7-3-4-8-14(13)18/h3-4,7-8,10,12H,1-2,5-6,18H2,(H,19,22)(H,20,21)/b11-10-. The van der Waals surface area contributed by atoms with Gasteiger partial charge in [-0.05, 0) is 25.0 Å². The Bertz CT molecular complexity index is 640. The van der Waals surface area contributed by atoms with E-state index < -0.39 is 11.8 Å². The van der Waals surface area contributed by atoms with E-state index >= 15 is 0 Å². The minimum absolute atomic E-state index is 0.115. The summed E-state index contributed by atoms with van der Waals surface area (Å²) in [6, 6.07) is 8.50. The van der Waals surface area contributed by atoms with E-state index in [9.17, 15) is 9.59 Å². The third kappa shape index (κ3) is 3.85. The molecule has 0 spiro atoms. The summed E-state index contributed by atoms with van der Waals surface area (Å²) in [4.78, 5) is 23.9. The van der Waals surface area contributed by atoms with Crippen LogP contribution in [0, 0.1) is 11.3 Å². The molecule has 0 bridgehead atoms. The van der Waals surface area contributed by atoms with Gasteiger partial charge in [0.2, 0.25) is 0 Å². The molecule has 4 N–H and O–H groups in total. The summed E-state index contributed by atoms with van der Waals surface area (Å²) >= 11 is 0. The van der Waals surface area contributed by atoms with E-state index in [0.29, 0.717) is 11.3 Å². The van der Waals surface area contributed by atoms with Crippen LogP contribution in [0.2, 0.25) is 0 Å². The topological polar surface area (TPSA) is 108 Å². The second kappa shape index (κ2) is 7.27. The Hall–Kier alpha value is -2.81. The Morgan fingerprint density at radius 2 is 1.95 bits per heavy atom. The lowest BCUT2D eigenvalue weighted by Gasteiger charge is -2.11. The Morgan fingerprint density at radius 3 is 2.59 bits per heavy atom. The van der Waals surface area contributed by atoms with Crippen LogP contribution in [-0.2, 0) is 4.79 Å². The Morgan fingerprint density at radius 1 is 1.27 bits per heavy atom. The smallest absolute Gasteiger partial charge is 0.263 e. The van der Waals surface area contributed by atoms with Gasteiger partial charge in [0, 0.05) is 17.9 Å². The molecule has 0 atom stereocenters. The number of nitriles is 1. The lowest BCUT2D eigenvalue weighted by Crippen LogP contribution is -2.34. The molecule has 6 heteroatoms. The zero-order chi connectivity index (χ0) is 15.9. The number of hydrogen-bond donors (Lipinski definition) is 3. The second-order valence-electron chi connectivity index (χ2n) is 5.19. The monoisotopic (exact) mass is 298 g/mol. The van der Waals surface area contributed by atoms with Gasteiger partial charge in [0.25, 0.3) is 11.8 Å². The van der Waals surface area contributed by atoms with E-state index in [2.05, 4.69) is 10.6 Å². The fourth-order valence-corrected chi connectivity index (χ4v) is 2.40. The van der Waals surface area contributed by atoms with Gasteiger partial charge in [-0.25, -0.2) is 0 Å². The van der Waals surface area contributed by atoms with E-state index in [1.54, 1.807) is 30.3 Å². The van der Waals surface area contributed by atoms with E-state index in [1.807, 2.05) is 0 Å². The van der Waals surface area contributed by atoms with Crippen LogP contribution in [0.25, 0.3) is 0 Å². The molecule has 0 radical (unpaired) electrons. The van der Waals surface area contributed by atoms with Crippen molar-refractivity contribution in [1.29, 1.82) is 5.26 Å². The first-order valence-electron chi connectivity index (χ1n) is 7.18. The SMILES string of the molecule is N#C/C(=C/NC(=O)c1ccccc1N)C(=O)NC1CCCC1. The normalized spacial score (nSPS) is 15.1. The van der Waals surface area contributed by atoms with E-state index in [1.165, 1.54) is 0 Å². The molecule has 2 amide bonds. The van der Waals surface area contributed by atoms with Crippen molar-refractivity contribution in [3.8, 4) is 6.07 Å². The summed E-state index contributed by atoms with van der Waals surface area (Å²) < 4.78 is 0. The quantitative estimate of drug-likeness (QED) is 0.444. The highest BCUT2D eigenvalue weighted by molar-refractivity contribution is 6.01. The number of para-hydroxylation sites is 1. The van der Waals surface area contributed by atoms with Crippen LogP contribution in [0.4, 0.5) is 5.69 Å². The molecular formula is C16H18N4O2. The molecule has 114 valence electrons. The minimum Gasteiger partial charge on any atom is -0.398 e. The minimum atomic E-state index is -0.462. The van der Waals surface area contributed by atoms with Crippen LogP contribution in [0.15, 0.2) is 36.0 Å². The summed E-state index contributed by atoms with van der Waals surface area (Å²) in [7, 11) is 0. The number of nitrogens with zero attached hydrogens (tertiary/aromatic N) is 1. The number of nitrogens with one attached hydrogen (secondary N) is 2. The summed E-state index contributed by atoms with van der Waals surface area (Å²) in [6.45, 7) is 0. The molecule has 1 saturated carbocycles. The summed E-state index contributed by atoms with van der Waals surface area (Å²) in [5.74, 6) is -0.921. The lowest BCUT2D eigenvalue weighted by atomic mass is 10.1. The average molecular weight is 298 g/mol. The number of nitrogens with two attached hydrogens (primary N) is 1. The highest BCUT2D eigenvalue weighted by Crippen LogP contribution is 2.17.